The lowest BCUT2D eigenvalue weighted by Crippen LogP contribution is -2.61. The van der Waals surface area contributed by atoms with Gasteiger partial charge in [-0.1, -0.05) is 0 Å². The molecular formula is C8H11NO3S. The second-order valence-corrected chi connectivity index (χ2v) is 6.03. The molecule has 0 aromatic carbocycles. The molecule has 3 rings (SSSR count). The van der Waals surface area contributed by atoms with Crippen LogP contribution in [0.4, 0.5) is 0 Å². The van der Waals surface area contributed by atoms with Crippen molar-refractivity contribution in [2.45, 2.75) is 25.7 Å². The van der Waals surface area contributed by atoms with E-state index in [0.717, 1.165) is 19.3 Å². The van der Waals surface area contributed by atoms with Gasteiger partial charge in [0, 0.05) is 0 Å². The van der Waals surface area contributed by atoms with Crippen LogP contribution in [-0.4, -0.2) is 18.7 Å². The molecule has 2 bridgehead atoms. The summed E-state index contributed by atoms with van der Waals surface area (Å²) in [6, 6.07) is 2.25. The van der Waals surface area contributed by atoms with Crippen molar-refractivity contribution in [1.29, 1.82) is 5.26 Å². The minimum Gasteiger partial charge on any atom is -0.286 e. The van der Waals surface area contributed by atoms with Crippen LogP contribution in [0.2, 0.25) is 0 Å². The third kappa shape index (κ3) is 1.34. The van der Waals surface area contributed by atoms with Gasteiger partial charge < -0.3 is 0 Å². The Morgan fingerprint density at radius 3 is 2.31 bits per heavy atom. The highest BCUT2D eigenvalue weighted by molar-refractivity contribution is 7.85. The largest absolute Gasteiger partial charge is 0.286 e. The maximum atomic E-state index is 10.5. The van der Waals surface area contributed by atoms with Crippen molar-refractivity contribution in [3.63, 3.8) is 0 Å². The molecule has 72 valence electrons. The highest BCUT2D eigenvalue weighted by Gasteiger charge is 2.67. The molecule has 1 N–H and O–H groups in total. The van der Waals surface area contributed by atoms with Crippen molar-refractivity contribution >= 4 is 10.1 Å². The first-order chi connectivity index (χ1) is 5.89. The molecule has 3 aliphatic rings. The number of rotatable bonds is 3. The van der Waals surface area contributed by atoms with Gasteiger partial charge in [0.1, 0.15) is 0 Å². The quantitative estimate of drug-likeness (QED) is 0.690. The van der Waals surface area contributed by atoms with Crippen LogP contribution in [0.3, 0.4) is 0 Å². The van der Waals surface area contributed by atoms with Crippen LogP contribution in [0.25, 0.3) is 0 Å². The SMILES string of the molecule is N#CC12CC(CCS(=O)(=O)O)(C1)C2. The van der Waals surface area contributed by atoms with Crippen molar-refractivity contribution in [3.05, 3.63) is 0 Å². The van der Waals surface area contributed by atoms with Crippen LogP contribution in [0.5, 0.6) is 0 Å². The Morgan fingerprint density at radius 2 is 1.92 bits per heavy atom. The zero-order chi connectivity index (χ0) is 9.74. The first kappa shape index (κ1) is 8.97. The van der Waals surface area contributed by atoms with E-state index in [1.807, 2.05) is 0 Å². The predicted octanol–water partition coefficient (Wildman–Crippen LogP) is 0.958. The summed E-state index contributed by atoms with van der Waals surface area (Å²) < 4.78 is 29.5. The maximum Gasteiger partial charge on any atom is 0.264 e. The average Bonchev–Trinajstić information content (AvgIpc) is 1.79. The van der Waals surface area contributed by atoms with Gasteiger partial charge >= 0.3 is 0 Å². The van der Waals surface area contributed by atoms with Crippen LogP contribution < -0.4 is 0 Å². The van der Waals surface area contributed by atoms with Crippen LogP contribution in [0.15, 0.2) is 0 Å². The summed E-state index contributed by atoms with van der Waals surface area (Å²) >= 11 is 0. The standard InChI is InChI=1S/C8H11NO3S/c9-6-8-3-7(4-8,5-8)1-2-13(10,11)12/h1-5H2,(H,10,11,12). The predicted molar refractivity (Wildman–Crippen MR) is 45.4 cm³/mol. The molecule has 0 amide bonds. The molecule has 0 unspecified atom stereocenters. The van der Waals surface area contributed by atoms with Gasteiger partial charge in [0.05, 0.1) is 17.2 Å². The first-order valence-electron chi connectivity index (χ1n) is 4.25. The molecule has 0 aromatic heterocycles. The number of nitrogens with zero attached hydrogens (tertiary/aromatic N) is 1. The minimum absolute atomic E-state index is 0.0749. The van der Waals surface area contributed by atoms with Crippen LogP contribution >= 0.6 is 0 Å². The summed E-state index contributed by atoms with van der Waals surface area (Å²) in [6.07, 6.45) is 2.99. The average molecular weight is 201 g/mol. The fraction of sp³-hybridized carbons (Fsp3) is 0.875. The van der Waals surface area contributed by atoms with E-state index in [1.54, 1.807) is 0 Å². The maximum absolute atomic E-state index is 10.5. The van der Waals surface area contributed by atoms with Crippen molar-refractivity contribution in [2.24, 2.45) is 10.8 Å². The van der Waals surface area contributed by atoms with Crippen molar-refractivity contribution in [2.75, 3.05) is 5.75 Å². The van der Waals surface area contributed by atoms with Gasteiger partial charge in [-0.15, -0.1) is 0 Å². The molecule has 0 aromatic rings. The lowest BCUT2D eigenvalue weighted by Gasteiger charge is -2.67. The molecule has 3 fully saturated rings. The van der Waals surface area contributed by atoms with E-state index in [0.29, 0.717) is 6.42 Å². The lowest BCUT2D eigenvalue weighted by molar-refractivity contribution is -0.163. The fourth-order valence-corrected chi connectivity index (χ4v) is 3.42. The van der Waals surface area contributed by atoms with E-state index in [4.69, 9.17) is 9.81 Å². The Kier molecular flexibility index (Phi) is 1.55. The number of hydrogen-bond donors (Lipinski definition) is 1. The molecule has 0 atom stereocenters. The van der Waals surface area contributed by atoms with E-state index in [2.05, 4.69) is 6.07 Å². The zero-order valence-electron chi connectivity index (χ0n) is 7.15. The number of hydrogen-bond acceptors (Lipinski definition) is 3. The Bertz CT molecular complexity index is 359. The highest BCUT2D eigenvalue weighted by Crippen LogP contribution is 2.74. The Labute approximate surface area is 77.3 Å². The fourth-order valence-electron chi connectivity index (χ4n) is 2.73. The van der Waals surface area contributed by atoms with Gasteiger partial charge in [-0.3, -0.25) is 4.55 Å². The van der Waals surface area contributed by atoms with E-state index >= 15 is 0 Å². The van der Waals surface area contributed by atoms with E-state index < -0.39 is 10.1 Å². The van der Waals surface area contributed by atoms with Gasteiger partial charge in [0.15, 0.2) is 0 Å². The molecule has 3 saturated carbocycles. The second kappa shape index (κ2) is 2.25. The molecule has 4 nitrogen and oxygen atoms in total. The van der Waals surface area contributed by atoms with E-state index in [9.17, 15) is 8.42 Å². The van der Waals surface area contributed by atoms with Gasteiger partial charge in [-0.25, -0.2) is 0 Å². The van der Waals surface area contributed by atoms with E-state index in [-0.39, 0.29) is 16.6 Å². The van der Waals surface area contributed by atoms with Crippen molar-refractivity contribution in [1.82, 2.24) is 0 Å². The molecule has 0 aliphatic heterocycles. The molecule has 13 heavy (non-hydrogen) atoms. The summed E-state index contributed by atoms with van der Waals surface area (Å²) in [4.78, 5) is 0. The first-order valence-corrected chi connectivity index (χ1v) is 5.86. The van der Waals surface area contributed by atoms with Crippen molar-refractivity contribution in [3.8, 4) is 6.07 Å². The molecule has 5 heteroatoms. The van der Waals surface area contributed by atoms with Crippen LogP contribution in [-0.2, 0) is 10.1 Å². The Balaban J connectivity index is 1.86. The molecule has 3 aliphatic carbocycles. The molecular weight excluding hydrogens is 190 g/mol. The van der Waals surface area contributed by atoms with E-state index in [1.165, 1.54) is 0 Å². The molecule has 0 radical (unpaired) electrons. The third-order valence-electron chi connectivity index (χ3n) is 3.27. The summed E-state index contributed by atoms with van der Waals surface area (Å²) in [5, 5.41) is 8.71. The smallest absolute Gasteiger partial charge is 0.264 e. The van der Waals surface area contributed by atoms with Crippen LogP contribution in [0.1, 0.15) is 25.7 Å². The Hall–Kier alpha value is -0.600. The lowest BCUT2D eigenvalue weighted by atomic mass is 9.35. The number of nitriles is 1. The van der Waals surface area contributed by atoms with Gasteiger partial charge in [-0.05, 0) is 31.1 Å². The van der Waals surface area contributed by atoms with Crippen LogP contribution in [0, 0.1) is 22.2 Å². The summed E-state index contributed by atoms with van der Waals surface area (Å²) in [7, 11) is -3.82. The minimum atomic E-state index is -3.82. The Morgan fingerprint density at radius 1 is 1.38 bits per heavy atom. The van der Waals surface area contributed by atoms with Gasteiger partial charge in [-0.2, -0.15) is 13.7 Å². The van der Waals surface area contributed by atoms with Gasteiger partial charge in [0.2, 0.25) is 0 Å². The second-order valence-electron chi connectivity index (χ2n) is 4.46. The summed E-state index contributed by atoms with van der Waals surface area (Å²) in [6.45, 7) is 0. The highest BCUT2D eigenvalue weighted by atomic mass is 32.2. The zero-order valence-corrected chi connectivity index (χ0v) is 7.97. The monoisotopic (exact) mass is 201 g/mol. The normalized spacial score (nSPS) is 41.5. The molecule has 0 saturated heterocycles. The van der Waals surface area contributed by atoms with Crippen molar-refractivity contribution < 1.29 is 13.0 Å². The molecule has 0 spiro atoms. The molecule has 0 heterocycles. The van der Waals surface area contributed by atoms with Gasteiger partial charge in [0.25, 0.3) is 10.1 Å². The summed E-state index contributed by atoms with van der Waals surface area (Å²) in [5.41, 5.74) is -0.0508. The summed E-state index contributed by atoms with van der Waals surface area (Å²) in [5.74, 6) is -0.158. The third-order valence-corrected chi connectivity index (χ3v) is 3.99. The topological polar surface area (TPSA) is 78.2 Å².